The summed E-state index contributed by atoms with van der Waals surface area (Å²) in [4.78, 5) is 33.7. The highest BCUT2D eigenvalue weighted by molar-refractivity contribution is 5.87. The van der Waals surface area contributed by atoms with Gasteiger partial charge in [0.05, 0.1) is 0 Å². The van der Waals surface area contributed by atoms with Crippen molar-refractivity contribution in [2.45, 2.75) is 57.9 Å². The molecule has 1 rings (SSSR count). The molecule has 0 radical (unpaired) electrons. The van der Waals surface area contributed by atoms with Crippen molar-refractivity contribution in [2.24, 2.45) is 5.41 Å². The molecule has 108 valence electrons. The zero-order valence-electron chi connectivity index (χ0n) is 11.1. The summed E-state index contributed by atoms with van der Waals surface area (Å²) in [6, 6.07) is -1.12. The average molecular weight is 271 g/mol. The summed E-state index contributed by atoms with van der Waals surface area (Å²) in [5, 5.41) is 20.1. The molecule has 0 aromatic heterocycles. The maximum Gasteiger partial charge on any atom is 0.326 e. The summed E-state index contributed by atoms with van der Waals surface area (Å²) in [5.74, 6) is -2.52. The summed E-state index contributed by atoms with van der Waals surface area (Å²) in [6.07, 6.45) is 4.19. The van der Waals surface area contributed by atoms with Crippen LogP contribution in [0.3, 0.4) is 0 Å². The van der Waals surface area contributed by atoms with Crippen molar-refractivity contribution >= 4 is 17.8 Å². The van der Waals surface area contributed by atoms with Crippen LogP contribution in [0.5, 0.6) is 0 Å². The Kier molecular flexibility index (Phi) is 5.32. The van der Waals surface area contributed by atoms with E-state index in [2.05, 4.69) is 5.32 Å². The smallest absolute Gasteiger partial charge is 0.326 e. The molecule has 1 saturated carbocycles. The molecule has 1 fully saturated rings. The average Bonchev–Trinajstić information content (AvgIpc) is 2.34. The van der Waals surface area contributed by atoms with Crippen LogP contribution < -0.4 is 5.32 Å². The molecule has 0 spiro atoms. The Balaban J connectivity index is 2.59. The molecule has 1 unspecified atom stereocenters. The van der Waals surface area contributed by atoms with Crippen LogP contribution in [0.25, 0.3) is 0 Å². The van der Waals surface area contributed by atoms with Gasteiger partial charge >= 0.3 is 11.9 Å². The predicted molar refractivity (Wildman–Crippen MR) is 67.6 cm³/mol. The molecule has 6 nitrogen and oxygen atoms in total. The number of amides is 1. The normalized spacial score (nSPS) is 19.4. The lowest BCUT2D eigenvalue weighted by atomic mass is 9.75. The van der Waals surface area contributed by atoms with Crippen molar-refractivity contribution in [1.82, 2.24) is 5.32 Å². The Morgan fingerprint density at radius 2 is 1.74 bits per heavy atom. The first-order valence-electron chi connectivity index (χ1n) is 6.61. The van der Waals surface area contributed by atoms with Crippen LogP contribution in [0.2, 0.25) is 0 Å². The molecule has 1 atom stereocenters. The lowest BCUT2D eigenvalue weighted by Crippen LogP contribution is -2.48. The van der Waals surface area contributed by atoms with Gasteiger partial charge < -0.3 is 15.5 Å². The van der Waals surface area contributed by atoms with Crippen LogP contribution in [0.4, 0.5) is 0 Å². The fourth-order valence-electron chi connectivity index (χ4n) is 2.42. The summed E-state index contributed by atoms with van der Waals surface area (Å²) < 4.78 is 0. The van der Waals surface area contributed by atoms with Crippen LogP contribution in [0.1, 0.15) is 51.9 Å². The van der Waals surface area contributed by atoms with Gasteiger partial charge in [-0.1, -0.05) is 26.2 Å². The maximum atomic E-state index is 12.2. The number of carbonyl (C=O) groups excluding carboxylic acids is 1. The minimum Gasteiger partial charge on any atom is -0.481 e. The van der Waals surface area contributed by atoms with Gasteiger partial charge in [-0.25, -0.2) is 4.79 Å². The van der Waals surface area contributed by atoms with Crippen molar-refractivity contribution in [1.29, 1.82) is 0 Å². The van der Waals surface area contributed by atoms with Gasteiger partial charge in [0.2, 0.25) is 5.91 Å². The van der Waals surface area contributed by atoms with E-state index in [9.17, 15) is 14.4 Å². The summed E-state index contributed by atoms with van der Waals surface area (Å²) in [6.45, 7) is 1.84. The van der Waals surface area contributed by atoms with Crippen molar-refractivity contribution in [3.63, 3.8) is 0 Å². The lowest BCUT2D eigenvalue weighted by molar-refractivity contribution is -0.145. The van der Waals surface area contributed by atoms with Crippen LogP contribution in [0.15, 0.2) is 0 Å². The Bertz CT molecular complexity index is 360. The van der Waals surface area contributed by atoms with Gasteiger partial charge in [0, 0.05) is 11.8 Å². The van der Waals surface area contributed by atoms with Crippen molar-refractivity contribution in [3.8, 4) is 0 Å². The largest absolute Gasteiger partial charge is 0.481 e. The molecule has 19 heavy (non-hydrogen) atoms. The van der Waals surface area contributed by atoms with E-state index < -0.39 is 23.4 Å². The number of rotatable bonds is 6. The van der Waals surface area contributed by atoms with Crippen molar-refractivity contribution in [2.75, 3.05) is 0 Å². The Morgan fingerprint density at radius 1 is 1.16 bits per heavy atom. The van der Waals surface area contributed by atoms with E-state index in [0.29, 0.717) is 0 Å². The van der Waals surface area contributed by atoms with Gasteiger partial charge in [0.1, 0.15) is 6.04 Å². The van der Waals surface area contributed by atoms with E-state index in [4.69, 9.17) is 10.2 Å². The second kappa shape index (κ2) is 6.54. The SMILES string of the molecule is CC1(C(=O)NC(CCC(=O)O)C(=O)O)CCCCC1. The highest BCUT2D eigenvalue weighted by Crippen LogP contribution is 2.35. The first kappa shape index (κ1) is 15.5. The molecule has 0 aromatic rings. The first-order chi connectivity index (χ1) is 8.85. The van der Waals surface area contributed by atoms with Gasteiger partial charge in [-0.05, 0) is 19.3 Å². The molecule has 0 aromatic carbocycles. The van der Waals surface area contributed by atoms with Gasteiger partial charge in [-0.15, -0.1) is 0 Å². The topological polar surface area (TPSA) is 104 Å². The predicted octanol–water partition coefficient (Wildman–Crippen LogP) is 1.39. The zero-order chi connectivity index (χ0) is 14.5. The van der Waals surface area contributed by atoms with Crippen molar-refractivity contribution in [3.05, 3.63) is 0 Å². The molecular formula is C13H21NO5. The quantitative estimate of drug-likeness (QED) is 0.677. The van der Waals surface area contributed by atoms with Gasteiger partial charge in [0.15, 0.2) is 0 Å². The molecule has 1 amide bonds. The lowest BCUT2D eigenvalue weighted by Gasteiger charge is -2.33. The van der Waals surface area contributed by atoms with E-state index in [-0.39, 0.29) is 18.7 Å². The second-order valence-electron chi connectivity index (χ2n) is 5.42. The molecule has 1 aliphatic rings. The summed E-state index contributed by atoms with van der Waals surface area (Å²) in [5.41, 5.74) is -0.519. The standard InChI is InChI=1S/C13H21NO5/c1-13(7-3-2-4-8-13)12(19)14-9(11(17)18)5-6-10(15)16/h9H,2-8H2,1H3,(H,14,19)(H,15,16)(H,17,18). The number of carboxylic acids is 2. The molecule has 0 bridgehead atoms. The maximum absolute atomic E-state index is 12.2. The number of aliphatic carboxylic acids is 2. The molecular weight excluding hydrogens is 250 g/mol. The third kappa shape index (κ3) is 4.54. The van der Waals surface area contributed by atoms with Crippen molar-refractivity contribution < 1.29 is 24.6 Å². The van der Waals surface area contributed by atoms with Crippen LogP contribution in [0, 0.1) is 5.41 Å². The monoisotopic (exact) mass is 271 g/mol. The van der Waals surface area contributed by atoms with E-state index >= 15 is 0 Å². The van der Waals surface area contributed by atoms with Gasteiger partial charge in [-0.2, -0.15) is 0 Å². The Hall–Kier alpha value is -1.59. The third-order valence-corrected chi connectivity index (χ3v) is 3.76. The van der Waals surface area contributed by atoms with E-state index in [1.54, 1.807) is 0 Å². The third-order valence-electron chi connectivity index (χ3n) is 3.76. The fraction of sp³-hybridized carbons (Fsp3) is 0.769. The molecule has 6 heteroatoms. The minimum absolute atomic E-state index is 0.0908. The number of hydrogen-bond acceptors (Lipinski definition) is 3. The number of carboxylic acid groups (broad SMARTS) is 2. The number of hydrogen-bond donors (Lipinski definition) is 3. The molecule has 3 N–H and O–H groups in total. The Labute approximate surface area is 112 Å². The Morgan fingerprint density at radius 3 is 2.21 bits per heavy atom. The van der Waals surface area contributed by atoms with E-state index in [0.717, 1.165) is 32.1 Å². The van der Waals surface area contributed by atoms with Crippen LogP contribution in [-0.4, -0.2) is 34.1 Å². The van der Waals surface area contributed by atoms with E-state index in [1.165, 1.54) is 0 Å². The zero-order valence-corrected chi connectivity index (χ0v) is 11.1. The number of nitrogens with one attached hydrogen (secondary N) is 1. The van der Waals surface area contributed by atoms with Gasteiger partial charge in [0.25, 0.3) is 0 Å². The van der Waals surface area contributed by atoms with Crippen LogP contribution in [-0.2, 0) is 14.4 Å². The second-order valence-corrected chi connectivity index (χ2v) is 5.42. The number of carbonyl (C=O) groups is 3. The first-order valence-corrected chi connectivity index (χ1v) is 6.61. The minimum atomic E-state index is -1.19. The van der Waals surface area contributed by atoms with Crippen LogP contribution >= 0.6 is 0 Å². The van der Waals surface area contributed by atoms with E-state index in [1.807, 2.05) is 6.92 Å². The van der Waals surface area contributed by atoms with Gasteiger partial charge in [-0.3, -0.25) is 9.59 Å². The highest BCUT2D eigenvalue weighted by atomic mass is 16.4. The molecule has 0 heterocycles. The molecule has 0 saturated heterocycles. The summed E-state index contributed by atoms with van der Waals surface area (Å²) in [7, 11) is 0. The summed E-state index contributed by atoms with van der Waals surface area (Å²) >= 11 is 0. The molecule has 1 aliphatic carbocycles. The molecule has 0 aliphatic heterocycles. The highest BCUT2D eigenvalue weighted by Gasteiger charge is 2.36. The fourth-order valence-corrected chi connectivity index (χ4v) is 2.42.